The molecule has 0 atom stereocenters. The lowest BCUT2D eigenvalue weighted by molar-refractivity contribution is 0.0959. The van der Waals surface area contributed by atoms with Crippen LogP contribution in [0.5, 0.6) is 11.6 Å². The normalized spacial score (nSPS) is 10.1. The van der Waals surface area contributed by atoms with Crippen molar-refractivity contribution in [3.05, 3.63) is 84.1 Å². The number of nitrogens with one attached hydrogen (secondary N) is 2. The number of hydrogen-bond donors (Lipinski definition) is 2. The van der Waals surface area contributed by atoms with Gasteiger partial charge in [-0.15, -0.1) is 0 Å². The van der Waals surface area contributed by atoms with Crippen molar-refractivity contribution in [2.75, 3.05) is 5.32 Å². The van der Waals surface area contributed by atoms with Gasteiger partial charge in [-0.05, 0) is 42.5 Å². The fourth-order valence-corrected chi connectivity index (χ4v) is 2.18. The lowest BCUT2D eigenvalue weighted by Gasteiger charge is -2.09. The number of carbonyl (C=O) groups excluding carboxylic acids is 2. The second-order valence-corrected chi connectivity index (χ2v) is 5.30. The molecule has 3 amide bonds. The quantitative estimate of drug-likeness (QED) is 0.725. The molecule has 0 saturated carbocycles. The minimum Gasteiger partial charge on any atom is -0.439 e. The van der Waals surface area contributed by atoms with Crippen LogP contribution in [-0.4, -0.2) is 16.9 Å². The van der Waals surface area contributed by atoms with Crippen LogP contribution in [0.1, 0.15) is 10.4 Å². The van der Waals surface area contributed by atoms with Crippen molar-refractivity contribution in [3.63, 3.8) is 0 Å². The van der Waals surface area contributed by atoms with Crippen LogP contribution in [0.3, 0.4) is 0 Å². The zero-order valence-corrected chi connectivity index (χ0v) is 13.8. The molecule has 0 fully saturated rings. The standard InChI is InChI=1S/C19H13F2N3O3/c20-14-4-3-5-15(21)17(14)18(25)24-19(26)23-12-7-9-13(10-8-12)27-16-6-1-2-11-22-16/h1-11H,(H2,23,24,25,26). The monoisotopic (exact) mass is 369 g/mol. The van der Waals surface area contributed by atoms with Gasteiger partial charge < -0.3 is 10.1 Å². The van der Waals surface area contributed by atoms with Gasteiger partial charge in [0.1, 0.15) is 22.9 Å². The number of pyridine rings is 1. The maximum Gasteiger partial charge on any atom is 0.326 e. The number of amides is 3. The van der Waals surface area contributed by atoms with Gasteiger partial charge in [-0.3, -0.25) is 10.1 Å². The average molecular weight is 369 g/mol. The van der Waals surface area contributed by atoms with E-state index in [4.69, 9.17) is 4.74 Å². The second kappa shape index (κ2) is 8.05. The number of nitrogens with zero attached hydrogens (tertiary/aromatic N) is 1. The molecule has 27 heavy (non-hydrogen) atoms. The lowest BCUT2D eigenvalue weighted by Crippen LogP contribution is -2.35. The topological polar surface area (TPSA) is 80.3 Å². The van der Waals surface area contributed by atoms with Crippen molar-refractivity contribution in [2.24, 2.45) is 0 Å². The molecule has 0 saturated heterocycles. The molecule has 0 radical (unpaired) electrons. The Bertz CT molecular complexity index is 943. The summed E-state index contributed by atoms with van der Waals surface area (Å²) in [6, 6.07) is 13.5. The molecular formula is C19H13F2N3O3. The van der Waals surface area contributed by atoms with Crippen LogP contribution >= 0.6 is 0 Å². The number of aromatic nitrogens is 1. The van der Waals surface area contributed by atoms with Crippen molar-refractivity contribution in [2.45, 2.75) is 0 Å². The highest BCUT2D eigenvalue weighted by molar-refractivity contribution is 6.08. The minimum atomic E-state index is -1.18. The molecule has 3 rings (SSSR count). The first-order valence-corrected chi connectivity index (χ1v) is 7.78. The molecule has 6 nitrogen and oxygen atoms in total. The third kappa shape index (κ3) is 4.63. The van der Waals surface area contributed by atoms with E-state index in [1.165, 1.54) is 12.1 Å². The predicted octanol–water partition coefficient (Wildman–Crippen LogP) is 4.11. The molecule has 1 heterocycles. The molecule has 2 N–H and O–H groups in total. The number of rotatable bonds is 4. The van der Waals surface area contributed by atoms with Crippen LogP contribution in [0.4, 0.5) is 19.3 Å². The third-order valence-corrected chi connectivity index (χ3v) is 3.39. The van der Waals surface area contributed by atoms with Crippen molar-refractivity contribution in [1.82, 2.24) is 10.3 Å². The van der Waals surface area contributed by atoms with E-state index in [9.17, 15) is 18.4 Å². The molecule has 0 aliphatic rings. The molecule has 0 spiro atoms. The summed E-state index contributed by atoms with van der Waals surface area (Å²) in [4.78, 5) is 27.8. The largest absolute Gasteiger partial charge is 0.439 e. The van der Waals surface area contributed by atoms with Crippen LogP contribution in [0.2, 0.25) is 0 Å². The first-order valence-electron chi connectivity index (χ1n) is 7.78. The molecular weight excluding hydrogens is 356 g/mol. The first kappa shape index (κ1) is 18.0. The summed E-state index contributed by atoms with van der Waals surface area (Å²) in [5.74, 6) is -2.40. The molecule has 0 aliphatic heterocycles. The molecule has 0 aliphatic carbocycles. The van der Waals surface area contributed by atoms with Gasteiger partial charge in [0, 0.05) is 18.0 Å². The van der Waals surface area contributed by atoms with E-state index in [0.29, 0.717) is 17.3 Å². The fourth-order valence-electron chi connectivity index (χ4n) is 2.18. The van der Waals surface area contributed by atoms with Crippen LogP contribution < -0.4 is 15.4 Å². The summed E-state index contributed by atoms with van der Waals surface area (Å²) in [5.41, 5.74) is -0.477. The summed E-state index contributed by atoms with van der Waals surface area (Å²) in [7, 11) is 0. The van der Waals surface area contributed by atoms with Crippen molar-refractivity contribution >= 4 is 17.6 Å². The summed E-state index contributed by atoms with van der Waals surface area (Å²) in [6.07, 6.45) is 1.59. The number of urea groups is 1. The predicted molar refractivity (Wildman–Crippen MR) is 93.6 cm³/mol. The van der Waals surface area contributed by atoms with E-state index < -0.39 is 29.1 Å². The van der Waals surface area contributed by atoms with Gasteiger partial charge in [0.2, 0.25) is 5.88 Å². The highest BCUT2D eigenvalue weighted by Gasteiger charge is 2.19. The average Bonchev–Trinajstić information content (AvgIpc) is 2.64. The number of anilines is 1. The SMILES string of the molecule is O=C(NC(=O)c1c(F)cccc1F)Nc1ccc(Oc2ccccn2)cc1. The van der Waals surface area contributed by atoms with E-state index in [0.717, 1.165) is 18.2 Å². The lowest BCUT2D eigenvalue weighted by atomic mass is 10.2. The smallest absolute Gasteiger partial charge is 0.326 e. The van der Waals surface area contributed by atoms with Crippen LogP contribution in [0, 0.1) is 11.6 Å². The highest BCUT2D eigenvalue weighted by Crippen LogP contribution is 2.21. The van der Waals surface area contributed by atoms with E-state index in [1.807, 2.05) is 5.32 Å². The molecule has 0 bridgehead atoms. The number of ether oxygens (including phenoxy) is 1. The minimum absolute atomic E-state index is 0.350. The number of hydrogen-bond acceptors (Lipinski definition) is 4. The maximum absolute atomic E-state index is 13.6. The number of halogens is 2. The Kier molecular flexibility index (Phi) is 5.36. The Balaban J connectivity index is 1.60. The molecule has 8 heteroatoms. The third-order valence-electron chi connectivity index (χ3n) is 3.39. The Labute approximate surface area is 152 Å². The van der Waals surface area contributed by atoms with Crippen LogP contribution in [0.15, 0.2) is 66.9 Å². The van der Waals surface area contributed by atoms with Gasteiger partial charge in [-0.2, -0.15) is 0 Å². The summed E-state index contributed by atoms with van der Waals surface area (Å²) in [6.45, 7) is 0. The van der Waals surface area contributed by atoms with Crippen LogP contribution in [0.25, 0.3) is 0 Å². The Morgan fingerprint density at radius 3 is 2.22 bits per heavy atom. The summed E-state index contributed by atoms with van der Waals surface area (Å²) in [5, 5.41) is 4.26. The van der Waals surface area contributed by atoms with Gasteiger partial charge in [0.15, 0.2) is 0 Å². The van der Waals surface area contributed by atoms with Gasteiger partial charge in [-0.1, -0.05) is 12.1 Å². The van der Waals surface area contributed by atoms with Gasteiger partial charge in [0.05, 0.1) is 0 Å². The molecule has 2 aromatic carbocycles. The number of benzene rings is 2. The molecule has 3 aromatic rings. The van der Waals surface area contributed by atoms with Crippen molar-refractivity contribution < 1.29 is 23.1 Å². The van der Waals surface area contributed by atoms with Gasteiger partial charge >= 0.3 is 6.03 Å². The van der Waals surface area contributed by atoms with E-state index in [-0.39, 0.29) is 0 Å². The van der Waals surface area contributed by atoms with Crippen molar-refractivity contribution in [3.8, 4) is 11.6 Å². The van der Waals surface area contributed by atoms with Crippen molar-refractivity contribution in [1.29, 1.82) is 0 Å². The zero-order chi connectivity index (χ0) is 19.2. The number of imide groups is 1. The van der Waals surface area contributed by atoms with E-state index >= 15 is 0 Å². The molecule has 0 unspecified atom stereocenters. The van der Waals surface area contributed by atoms with E-state index in [1.54, 1.807) is 36.5 Å². The Morgan fingerprint density at radius 2 is 1.59 bits per heavy atom. The van der Waals surface area contributed by atoms with Crippen LogP contribution in [-0.2, 0) is 0 Å². The summed E-state index contributed by atoms with van der Waals surface area (Å²) < 4.78 is 32.6. The molecule has 1 aromatic heterocycles. The maximum atomic E-state index is 13.6. The summed E-state index contributed by atoms with van der Waals surface area (Å²) >= 11 is 0. The Morgan fingerprint density at radius 1 is 0.889 bits per heavy atom. The molecule has 136 valence electrons. The van der Waals surface area contributed by atoms with Gasteiger partial charge in [0.25, 0.3) is 5.91 Å². The number of carbonyl (C=O) groups is 2. The second-order valence-electron chi connectivity index (χ2n) is 5.30. The van der Waals surface area contributed by atoms with Gasteiger partial charge in [-0.25, -0.2) is 18.6 Å². The fraction of sp³-hybridized carbons (Fsp3) is 0. The zero-order valence-electron chi connectivity index (χ0n) is 13.8. The Hall–Kier alpha value is -3.81. The highest BCUT2D eigenvalue weighted by atomic mass is 19.1. The van der Waals surface area contributed by atoms with E-state index in [2.05, 4.69) is 10.3 Å². The first-order chi connectivity index (χ1) is 13.0.